The van der Waals surface area contributed by atoms with Crippen LogP contribution in [0.5, 0.6) is 0 Å². The molecule has 0 radical (unpaired) electrons. The number of hydrogen-bond acceptors (Lipinski definition) is 4. The van der Waals surface area contributed by atoms with Gasteiger partial charge >= 0.3 is 11.9 Å². The van der Waals surface area contributed by atoms with Gasteiger partial charge in [0.15, 0.2) is 0 Å². The maximum Gasteiger partial charge on any atom is 0.306 e. The van der Waals surface area contributed by atoms with Gasteiger partial charge in [-0.1, -0.05) is 13.8 Å². The predicted octanol–water partition coefficient (Wildman–Crippen LogP) is 2.09. The van der Waals surface area contributed by atoms with Crippen LogP contribution in [0.1, 0.15) is 40.5 Å². The molecule has 1 N–H and O–H groups in total. The summed E-state index contributed by atoms with van der Waals surface area (Å²) >= 11 is 0. The van der Waals surface area contributed by atoms with Gasteiger partial charge in [-0.25, -0.2) is 0 Å². The molecule has 0 spiro atoms. The van der Waals surface area contributed by atoms with E-state index in [9.17, 15) is 9.59 Å². The summed E-state index contributed by atoms with van der Waals surface area (Å²) in [5, 5.41) is 8.23. The van der Waals surface area contributed by atoms with Crippen LogP contribution in [0.3, 0.4) is 0 Å². The number of aliphatic carboxylic acids is 1. The minimum atomic E-state index is -0.975. The van der Waals surface area contributed by atoms with Crippen molar-refractivity contribution in [3.63, 3.8) is 0 Å². The molecular weight excluding hydrogens is 224 g/mol. The number of carboxylic acid groups (broad SMARTS) is 1. The van der Waals surface area contributed by atoms with Gasteiger partial charge in [-0.3, -0.25) is 9.59 Å². The van der Waals surface area contributed by atoms with Gasteiger partial charge in [0.2, 0.25) is 0 Å². The second-order valence-electron chi connectivity index (χ2n) is 3.75. The molecule has 5 nitrogen and oxygen atoms in total. The molecule has 102 valence electrons. The highest BCUT2D eigenvalue weighted by molar-refractivity contribution is 5.76. The Hall–Kier alpha value is -1.10. The Balaban J connectivity index is 0. The molecular formula is C12H24O5. The maximum absolute atomic E-state index is 10.8. The summed E-state index contributed by atoms with van der Waals surface area (Å²) in [6.07, 6.45) is -0.195. The highest BCUT2D eigenvalue weighted by atomic mass is 16.5. The van der Waals surface area contributed by atoms with Crippen molar-refractivity contribution in [1.29, 1.82) is 0 Å². The summed E-state index contributed by atoms with van der Waals surface area (Å²) in [6, 6.07) is 0. The van der Waals surface area contributed by atoms with Crippen LogP contribution in [0.25, 0.3) is 0 Å². The molecule has 0 heterocycles. The molecule has 0 bridgehead atoms. The van der Waals surface area contributed by atoms with Crippen LogP contribution in [0.15, 0.2) is 0 Å². The van der Waals surface area contributed by atoms with Gasteiger partial charge in [0.25, 0.3) is 0 Å². The van der Waals surface area contributed by atoms with Gasteiger partial charge in [-0.15, -0.1) is 0 Å². The number of carbonyl (C=O) groups excluding carboxylic acids is 1. The third kappa shape index (κ3) is 20.9. The predicted molar refractivity (Wildman–Crippen MR) is 64.8 cm³/mol. The summed E-state index contributed by atoms with van der Waals surface area (Å²) in [5.74, 6) is -1.12. The van der Waals surface area contributed by atoms with E-state index in [4.69, 9.17) is 14.6 Å². The van der Waals surface area contributed by atoms with E-state index in [1.807, 2.05) is 27.7 Å². The van der Waals surface area contributed by atoms with Crippen molar-refractivity contribution in [2.45, 2.75) is 40.5 Å². The quantitative estimate of drug-likeness (QED) is 0.698. The Morgan fingerprint density at radius 3 is 1.94 bits per heavy atom. The fraction of sp³-hybridized carbons (Fsp3) is 0.833. The number of esters is 1. The molecule has 0 aliphatic rings. The summed E-state index contributed by atoms with van der Waals surface area (Å²) in [4.78, 5) is 20.8. The van der Waals surface area contributed by atoms with Crippen LogP contribution in [0.4, 0.5) is 0 Å². The molecule has 0 aliphatic heterocycles. The second kappa shape index (κ2) is 13.0. The lowest BCUT2D eigenvalue weighted by molar-refractivity contribution is -0.148. The smallest absolute Gasteiger partial charge is 0.306 e. The number of rotatable bonds is 7. The number of hydrogen-bond donors (Lipinski definition) is 1. The fourth-order valence-corrected chi connectivity index (χ4v) is 0.745. The largest absolute Gasteiger partial charge is 0.481 e. The lowest BCUT2D eigenvalue weighted by Gasteiger charge is -2.05. The molecule has 0 aromatic rings. The van der Waals surface area contributed by atoms with Gasteiger partial charge < -0.3 is 14.6 Å². The zero-order valence-electron chi connectivity index (χ0n) is 11.2. The molecule has 0 saturated heterocycles. The summed E-state index contributed by atoms with van der Waals surface area (Å²) in [5.41, 5.74) is 0. The average molecular weight is 248 g/mol. The van der Waals surface area contributed by atoms with E-state index in [1.165, 1.54) is 0 Å². The Morgan fingerprint density at radius 1 is 1.12 bits per heavy atom. The van der Waals surface area contributed by atoms with E-state index in [2.05, 4.69) is 0 Å². The molecule has 17 heavy (non-hydrogen) atoms. The first kappa shape index (κ1) is 18.3. The molecule has 0 saturated carbocycles. The summed E-state index contributed by atoms with van der Waals surface area (Å²) < 4.78 is 9.58. The van der Waals surface area contributed by atoms with Gasteiger partial charge in [-0.05, 0) is 19.8 Å². The SMILES string of the molecule is CC(C)COC(=O)CCC(=O)O.CCOCC. The minimum absolute atomic E-state index is 0.0396. The van der Waals surface area contributed by atoms with E-state index in [0.717, 1.165) is 13.2 Å². The van der Waals surface area contributed by atoms with Crippen LogP contribution in [-0.4, -0.2) is 36.9 Å². The first-order valence-electron chi connectivity index (χ1n) is 5.89. The summed E-state index contributed by atoms with van der Waals surface area (Å²) in [7, 11) is 0. The number of carboxylic acids is 1. The van der Waals surface area contributed by atoms with Crippen LogP contribution in [-0.2, 0) is 19.1 Å². The number of ether oxygens (including phenoxy) is 2. The van der Waals surface area contributed by atoms with Crippen molar-refractivity contribution in [3.05, 3.63) is 0 Å². The molecule has 5 heteroatoms. The molecule has 0 amide bonds. The first-order valence-corrected chi connectivity index (χ1v) is 5.89. The van der Waals surface area contributed by atoms with Gasteiger partial charge in [0.05, 0.1) is 19.4 Å². The van der Waals surface area contributed by atoms with Gasteiger partial charge in [0.1, 0.15) is 0 Å². The van der Waals surface area contributed by atoms with Gasteiger partial charge in [0, 0.05) is 13.2 Å². The standard InChI is InChI=1S/C8H14O4.C4H10O/c1-6(2)5-12-8(11)4-3-7(9)10;1-3-5-4-2/h6H,3-5H2,1-2H3,(H,9,10);3-4H2,1-2H3. The molecule has 0 unspecified atom stereocenters. The Kier molecular flexibility index (Phi) is 13.9. The van der Waals surface area contributed by atoms with Crippen molar-refractivity contribution in [1.82, 2.24) is 0 Å². The monoisotopic (exact) mass is 248 g/mol. The lowest BCUT2D eigenvalue weighted by atomic mass is 10.2. The Morgan fingerprint density at radius 2 is 1.65 bits per heavy atom. The van der Waals surface area contributed by atoms with E-state index >= 15 is 0 Å². The zero-order valence-corrected chi connectivity index (χ0v) is 11.2. The van der Waals surface area contributed by atoms with Crippen molar-refractivity contribution < 1.29 is 24.2 Å². The fourth-order valence-electron chi connectivity index (χ4n) is 0.745. The van der Waals surface area contributed by atoms with E-state index in [-0.39, 0.29) is 12.8 Å². The highest BCUT2D eigenvalue weighted by Crippen LogP contribution is 1.97. The normalized spacial score (nSPS) is 9.47. The van der Waals surface area contributed by atoms with Crippen molar-refractivity contribution >= 4 is 11.9 Å². The van der Waals surface area contributed by atoms with Crippen LogP contribution < -0.4 is 0 Å². The molecule has 0 aliphatic carbocycles. The molecule has 0 rings (SSSR count). The average Bonchev–Trinajstić information content (AvgIpc) is 2.25. The van der Waals surface area contributed by atoms with Crippen molar-refractivity contribution in [2.75, 3.05) is 19.8 Å². The van der Waals surface area contributed by atoms with E-state index in [1.54, 1.807) is 0 Å². The molecule has 0 atom stereocenters. The number of carbonyl (C=O) groups is 2. The highest BCUT2D eigenvalue weighted by Gasteiger charge is 2.06. The molecule has 0 fully saturated rings. The van der Waals surface area contributed by atoms with Crippen molar-refractivity contribution in [3.8, 4) is 0 Å². The van der Waals surface area contributed by atoms with Crippen LogP contribution in [0, 0.1) is 5.92 Å². The lowest BCUT2D eigenvalue weighted by Crippen LogP contribution is -2.11. The first-order chi connectivity index (χ1) is 7.93. The van der Waals surface area contributed by atoms with Gasteiger partial charge in [-0.2, -0.15) is 0 Å². The van der Waals surface area contributed by atoms with Crippen LogP contribution in [0.2, 0.25) is 0 Å². The molecule has 0 aromatic heterocycles. The maximum atomic E-state index is 10.8. The zero-order chi connectivity index (χ0) is 13.7. The Labute approximate surface area is 103 Å². The third-order valence-electron chi connectivity index (χ3n) is 1.53. The van der Waals surface area contributed by atoms with Crippen LogP contribution >= 0.6 is 0 Å². The summed E-state index contributed by atoms with van der Waals surface area (Å²) in [6.45, 7) is 9.87. The topological polar surface area (TPSA) is 72.8 Å². The van der Waals surface area contributed by atoms with E-state index < -0.39 is 11.9 Å². The Bertz CT molecular complexity index is 199. The second-order valence-corrected chi connectivity index (χ2v) is 3.75. The van der Waals surface area contributed by atoms with Crippen molar-refractivity contribution in [2.24, 2.45) is 5.92 Å². The third-order valence-corrected chi connectivity index (χ3v) is 1.53. The molecule has 0 aromatic carbocycles. The minimum Gasteiger partial charge on any atom is -0.481 e. The van der Waals surface area contributed by atoms with E-state index in [0.29, 0.717) is 12.5 Å².